The highest BCUT2D eigenvalue weighted by molar-refractivity contribution is 6.05. The van der Waals surface area contributed by atoms with Crippen LogP contribution in [0.25, 0.3) is 6.08 Å². The molecule has 2 N–H and O–H groups in total. The average molecular weight is 186 g/mol. The fraction of sp³-hybridized carbons (Fsp3) is 0. The van der Waals surface area contributed by atoms with Crippen molar-refractivity contribution in [3.8, 4) is 0 Å². The van der Waals surface area contributed by atoms with Crippen LogP contribution in [0.5, 0.6) is 0 Å². The molecular weight excluding hydrogens is 176 g/mol. The molecule has 2 heterocycles. The molecule has 2 aromatic heterocycles. The Morgan fingerprint density at radius 1 is 1.14 bits per heavy atom. The van der Waals surface area contributed by atoms with E-state index in [1.165, 1.54) is 6.08 Å². The van der Waals surface area contributed by atoms with Crippen LogP contribution in [0, 0.1) is 0 Å². The monoisotopic (exact) mass is 186 g/mol. The molecule has 2 rings (SSSR count). The van der Waals surface area contributed by atoms with Gasteiger partial charge in [0, 0.05) is 18.1 Å². The van der Waals surface area contributed by atoms with Crippen LogP contribution in [0.1, 0.15) is 16.2 Å². The second-order valence-corrected chi connectivity index (χ2v) is 2.91. The van der Waals surface area contributed by atoms with Crippen LogP contribution < -0.4 is 0 Å². The summed E-state index contributed by atoms with van der Waals surface area (Å²) in [5, 5.41) is 0. The molecule has 0 aliphatic rings. The van der Waals surface area contributed by atoms with E-state index < -0.39 is 0 Å². The maximum absolute atomic E-state index is 11.5. The van der Waals surface area contributed by atoms with Crippen molar-refractivity contribution in [2.45, 2.75) is 0 Å². The quantitative estimate of drug-likeness (QED) is 0.560. The molecule has 2 aromatic rings. The molecule has 0 atom stereocenters. The van der Waals surface area contributed by atoms with Gasteiger partial charge in [0.05, 0.1) is 5.69 Å². The van der Waals surface area contributed by atoms with Gasteiger partial charge in [-0.3, -0.25) is 4.79 Å². The Morgan fingerprint density at radius 3 is 2.57 bits per heavy atom. The van der Waals surface area contributed by atoms with Crippen molar-refractivity contribution in [3.63, 3.8) is 0 Å². The molecule has 0 aromatic carbocycles. The molecule has 0 bridgehead atoms. The van der Waals surface area contributed by atoms with Crippen molar-refractivity contribution in [1.29, 1.82) is 0 Å². The number of carbonyl (C=O) groups is 1. The maximum Gasteiger partial charge on any atom is 0.202 e. The van der Waals surface area contributed by atoms with Gasteiger partial charge in [-0.05, 0) is 36.4 Å². The van der Waals surface area contributed by atoms with Crippen molar-refractivity contribution >= 4 is 11.9 Å². The highest BCUT2D eigenvalue weighted by atomic mass is 16.1. The first-order valence-electron chi connectivity index (χ1n) is 4.35. The van der Waals surface area contributed by atoms with E-state index in [9.17, 15) is 4.79 Å². The molecule has 3 nitrogen and oxygen atoms in total. The van der Waals surface area contributed by atoms with Crippen molar-refractivity contribution in [1.82, 2.24) is 9.97 Å². The van der Waals surface area contributed by atoms with Gasteiger partial charge in [0.15, 0.2) is 0 Å². The summed E-state index contributed by atoms with van der Waals surface area (Å²) in [5.41, 5.74) is 1.53. The highest BCUT2D eigenvalue weighted by Gasteiger charge is 2.00. The summed E-state index contributed by atoms with van der Waals surface area (Å²) in [7, 11) is 0. The van der Waals surface area contributed by atoms with Crippen molar-refractivity contribution < 1.29 is 4.79 Å². The van der Waals surface area contributed by atoms with E-state index in [4.69, 9.17) is 0 Å². The number of H-pyrrole nitrogens is 2. The first kappa shape index (κ1) is 8.56. The Balaban J connectivity index is 2.09. The molecular formula is C11H10N2O. The predicted molar refractivity (Wildman–Crippen MR) is 54.9 cm³/mol. The number of ketones is 1. The zero-order valence-corrected chi connectivity index (χ0v) is 7.53. The predicted octanol–water partition coefficient (Wildman–Crippen LogP) is 2.24. The van der Waals surface area contributed by atoms with Gasteiger partial charge in [0.25, 0.3) is 0 Å². The van der Waals surface area contributed by atoms with E-state index in [0.717, 1.165) is 5.69 Å². The molecule has 0 unspecified atom stereocenters. The van der Waals surface area contributed by atoms with E-state index >= 15 is 0 Å². The van der Waals surface area contributed by atoms with Gasteiger partial charge < -0.3 is 9.97 Å². The lowest BCUT2D eigenvalue weighted by Gasteiger charge is -1.88. The van der Waals surface area contributed by atoms with Crippen LogP contribution in [0.3, 0.4) is 0 Å². The third-order valence-corrected chi connectivity index (χ3v) is 1.90. The maximum atomic E-state index is 11.5. The molecule has 0 amide bonds. The molecule has 0 saturated carbocycles. The third-order valence-electron chi connectivity index (χ3n) is 1.90. The molecule has 0 fully saturated rings. The molecule has 0 saturated heterocycles. The Morgan fingerprint density at radius 2 is 1.93 bits per heavy atom. The Labute approximate surface area is 81.5 Å². The van der Waals surface area contributed by atoms with Crippen molar-refractivity contribution in [2.75, 3.05) is 0 Å². The molecule has 0 aliphatic heterocycles. The minimum absolute atomic E-state index is 0.0235. The number of rotatable bonds is 3. The molecule has 0 aliphatic carbocycles. The number of aromatic amines is 2. The minimum Gasteiger partial charge on any atom is -0.362 e. The Kier molecular flexibility index (Phi) is 2.32. The fourth-order valence-electron chi connectivity index (χ4n) is 1.19. The number of hydrogen-bond acceptors (Lipinski definition) is 1. The summed E-state index contributed by atoms with van der Waals surface area (Å²) in [6.07, 6.45) is 6.84. The highest BCUT2D eigenvalue weighted by Crippen LogP contribution is 2.01. The number of nitrogens with one attached hydrogen (secondary N) is 2. The van der Waals surface area contributed by atoms with Crippen molar-refractivity contribution in [2.24, 2.45) is 0 Å². The van der Waals surface area contributed by atoms with E-state index in [1.807, 2.05) is 18.3 Å². The standard InChI is InChI=1S/C11H10N2O/c14-11(10-4-2-8-13-10)6-5-9-3-1-7-12-9/h1-8,12-13H/b6-5+. The molecule has 0 radical (unpaired) electrons. The van der Waals surface area contributed by atoms with Gasteiger partial charge >= 0.3 is 0 Å². The van der Waals surface area contributed by atoms with Gasteiger partial charge in [-0.25, -0.2) is 0 Å². The smallest absolute Gasteiger partial charge is 0.202 e. The summed E-state index contributed by atoms with van der Waals surface area (Å²) < 4.78 is 0. The number of aromatic nitrogens is 2. The van der Waals surface area contributed by atoms with E-state index in [0.29, 0.717) is 5.69 Å². The summed E-state index contributed by atoms with van der Waals surface area (Å²) in [5.74, 6) is -0.0235. The van der Waals surface area contributed by atoms with Crippen LogP contribution in [-0.4, -0.2) is 15.8 Å². The SMILES string of the molecule is O=C(/C=C/c1ccc[nH]1)c1ccc[nH]1. The van der Waals surface area contributed by atoms with E-state index in [1.54, 1.807) is 24.4 Å². The van der Waals surface area contributed by atoms with Gasteiger partial charge in [-0.1, -0.05) is 0 Å². The minimum atomic E-state index is -0.0235. The Hall–Kier alpha value is -2.03. The fourth-order valence-corrected chi connectivity index (χ4v) is 1.19. The van der Waals surface area contributed by atoms with Crippen LogP contribution in [0.15, 0.2) is 42.7 Å². The van der Waals surface area contributed by atoms with Crippen LogP contribution in [0.2, 0.25) is 0 Å². The number of carbonyl (C=O) groups excluding carboxylic acids is 1. The molecule has 0 spiro atoms. The lowest BCUT2D eigenvalue weighted by atomic mass is 10.2. The lowest BCUT2D eigenvalue weighted by Crippen LogP contribution is -1.93. The number of hydrogen-bond donors (Lipinski definition) is 2. The van der Waals surface area contributed by atoms with Crippen molar-refractivity contribution in [3.05, 3.63) is 54.1 Å². The number of allylic oxidation sites excluding steroid dienone is 1. The van der Waals surface area contributed by atoms with Gasteiger partial charge in [-0.15, -0.1) is 0 Å². The topological polar surface area (TPSA) is 48.6 Å². The second-order valence-electron chi connectivity index (χ2n) is 2.91. The van der Waals surface area contributed by atoms with Crippen LogP contribution >= 0.6 is 0 Å². The Bertz CT molecular complexity index is 424. The normalized spacial score (nSPS) is 10.9. The van der Waals surface area contributed by atoms with E-state index in [2.05, 4.69) is 9.97 Å². The zero-order chi connectivity index (χ0) is 9.80. The van der Waals surface area contributed by atoms with E-state index in [-0.39, 0.29) is 5.78 Å². The summed E-state index contributed by atoms with van der Waals surface area (Å²) in [4.78, 5) is 17.3. The summed E-state index contributed by atoms with van der Waals surface area (Å²) in [6, 6.07) is 7.34. The van der Waals surface area contributed by atoms with Gasteiger partial charge in [0.2, 0.25) is 5.78 Å². The van der Waals surface area contributed by atoms with Crippen LogP contribution in [0.4, 0.5) is 0 Å². The molecule has 14 heavy (non-hydrogen) atoms. The average Bonchev–Trinajstić information content (AvgIpc) is 2.87. The van der Waals surface area contributed by atoms with Gasteiger partial charge in [-0.2, -0.15) is 0 Å². The van der Waals surface area contributed by atoms with Gasteiger partial charge in [0.1, 0.15) is 0 Å². The largest absolute Gasteiger partial charge is 0.362 e. The first-order valence-corrected chi connectivity index (χ1v) is 4.35. The van der Waals surface area contributed by atoms with Crippen LogP contribution in [-0.2, 0) is 0 Å². The molecule has 3 heteroatoms. The zero-order valence-electron chi connectivity index (χ0n) is 7.53. The lowest BCUT2D eigenvalue weighted by molar-refractivity contribution is 0.104. The molecule has 70 valence electrons. The second kappa shape index (κ2) is 3.79. The third kappa shape index (κ3) is 1.82. The summed E-state index contributed by atoms with van der Waals surface area (Å²) in [6.45, 7) is 0. The first-order chi connectivity index (χ1) is 6.86. The summed E-state index contributed by atoms with van der Waals surface area (Å²) >= 11 is 0.